The average Bonchev–Trinajstić information content (AvgIpc) is 3.27. The zero-order valence-corrected chi connectivity index (χ0v) is 17.7. The van der Waals surface area contributed by atoms with Crippen LogP contribution in [0, 0.1) is 6.92 Å². The third-order valence-electron chi connectivity index (χ3n) is 6.04. The summed E-state index contributed by atoms with van der Waals surface area (Å²) in [7, 11) is 0. The van der Waals surface area contributed by atoms with Crippen molar-refractivity contribution < 1.29 is 14.3 Å². The van der Waals surface area contributed by atoms with Crippen LogP contribution in [-0.2, 0) is 15.1 Å². The zero-order valence-electron chi connectivity index (χ0n) is 16.8. The van der Waals surface area contributed by atoms with Crippen molar-refractivity contribution in [3.05, 3.63) is 69.9 Å². The Hall–Kier alpha value is -2.93. The van der Waals surface area contributed by atoms with Crippen LogP contribution in [0.4, 0.5) is 0 Å². The van der Waals surface area contributed by atoms with Gasteiger partial charge in [0.1, 0.15) is 5.60 Å². The Kier molecular flexibility index (Phi) is 4.50. The second-order valence-corrected chi connectivity index (χ2v) is 8.84. The van der Waals surface area contributed by atoms with E-state index in [0.717, 1.165) is 27.6 Å². The number of fused-ring (bicyclic) bond motifs is 2. The Morgan fingerprint density at radius 3 is 2.63 bits per heavy atom. The van der Waals surface area contributed by atoms with Gasteiger partial charge in [0.05, 0.1) is 10.5 Å². The van der Waals surface area contributed by atoms with E-state index in [-0.39, 0.29) is 11.9 Å². The van der Waals surface area contributed by atoms with Crippen LogP contribution in [0.1, 0.15) is 46.9 Å². The molecule has 0 saturated carbocycles. The first-order valence-electron chi connectivity index (χ1n) is 9.99. The fourth-order valence-electron chi connectivity index (χ4n) is 4.26. The molecule has 0 N–H and O–H groups in total. The molecule has 0 aliphatic carbocycles. The molecule has 5 rings (SSSR count). The highest BCUT2D eigenvalue weighted by atomic mass is 32.2. The van der Waals surface area contributed by atoms with E-state index in [1.54, 1.807) is 6.20 Å². The molecule has 30 heavy (non-hydrogen) atoms. The summed E-state index contributed by atoms with van der Waals surface area (Å²) in [4.78, 5) is 36.3. The number of benzene rings is 1. The molecule has 2 aromatic rings. The summed E-state index contributed by atoms with van der Waals surface area (Å²) in [5, 5.41) is 0.724. The topological polar surface area (TPSA) is 71.9 Å². The summed E-state index contributed by atoms with van der Waals surface area (Å²) in [6.45, 7) is 5.23. The number of rotatable bonds is 1. The van der Waals surface area contributed by atoms with Gasteiger partial charge in [0.15, 0.2) is 5.17 Å². The van der Waals surface area contributed by atoms with E-state index in [0.29, 0.717) is 36.4 Å². The molecule has 6 nitrogen and oxygen atoms in total. The fourth-order valence-corrected chi connectivity index (χ4v) is 5.29. The standard InChI is InChI=1S/C23H21N3O3S/c1-14-7-8-16(13-24-14)15(2)19-20(27)25-22(30-19)26-11-9-23(10-12-26)18-6-4-3-5-17(18)21(28)29-23/h3-8,13H,9-12H2,1-2H3/b19-15+. The number of esters is 1. The number of carbonyl (C=O) groups is 2. The van der Waals surface area contributed by atoms with E-state index in [1.165, 1.54) is 11.8 Å². The zero-order chi connectivity index (χ0) is 20.9. The Bertz CT molecular complexity index is 1110. The number of aromatic nitrogens is 1. The molecule has 7 heteroatoms. The molecular formula is C23H21N3O3S. The van der Waals surface area contributed by atoms with E-state index < -0.39 is 5.60 Å². The number of likely N-dealkylation sites (tertiary alicyclic amines) is 1. The third-order valence-corrected chi connectivity index (χ3v) is 7.25. The van der Waals surface area contributed by atoms with Gasteiger partial charge < -0.3 is 9.64 Å². The quantitative estimate of drug-likeness (QED) is 0.516. The van der Waals surface area contributed by atoms with Gasteiger partial charge in [-0.05, 0) is 48.9 Å². The normalized spacial score (nSPS) is 21.5. The van der Waals surface area contributed by atoms with Gasteiger partial charge >= 0.3 is 5.97 Å². The number of allylic oxidation sites excluding steroid dienone is 1. The van der Waals surface area contributed by atoms with Crippen molar-refractivity contribution in [2.45, 2.75) is 32.3 Å². The monoisotopic (exact) mass is 419 g/mol. The molecule has 4 heterocycles. The predicted molar refractivity (Wildman–Crippen MR) is 116 cm³/mol. The second-order valence-electron chi connectivity index (χ2n) is 7.86. The number of pyridine rings is 1. The Morgan fingerprint density at radius 1 is 1.13 bits per heavy atom. The number of nitrogens with zero attached hydrogens (tertiary/aromatic N) is 3. The Morgan fingerprint density at radius 2 is 1.90 bits per heavy atom. The summed E-state index contributed by atoms with van der Waals surface area (Å²) in [6, 6.07) is 11.5. The molecule has 1 fully saturated rings. The number of piperidine rings is 1. The van der Waals surface area contributed by atoms with Crippen LogP contribution >= 0.6 is 11.8 Å². The maximum absolute atomic E-state index is 12.6. The first kappa shape index (κ1) is 19.1. The molecule has 0 radical (unpaired) electrons. The summed E-state index contributed by atoms with van der Waals surface area (Å²) < 4.78 is 5.82. The van der Waals surface area contributed by atoms with E-state index in [2.05, 4.69) is 14.9 Å². The van der Waals surface area contributed by atoms with Crippen LogP contribution < -0.4 is 0 Å². The summed E-state index contributed by atoms with van der Waals surface area (Å²) in [5.41, 5.74) is 3.86. The number of thioether (sulfide) groups is 1. The molecule has 0 unspecified atom stereocenters. The highest BCUT2D eigenvalue weighted by Crippen LogP contribution is 2.45. The number of carbonyl (C=O) groups excluding carboxylic acids is 2. The van der Waals surface area contributed by atoms with Crippen molar-refractivity contribution in [1.29, 1.82) is 0 Å². The molecule has 1 aromatic carbocycles. The minimum Gasteiger partial charge on any atom is -0.450 e. The van der Waals surface area contributed by atoms with Gasteiger partial charge in [-0.3, -0.25) is 9.78 Å². The number of ether oxygens (including phenoxy) is 1. The molecule has 1 spiro atoms. The lowest BCUT2D eigenvalue weighted by atomic mass is 9.84. The van der Waals surface area contributed by atoms with Crippen LogP contribution in [0.15, 0.2) is 52.5 Å². The smallest absolute Gasteiger partial charge is 0.339 e. The minimum atomic E-state index is -0.555. The number of amidine groups is 1. The molecule has 3 aliphatic heterocycles. The second kappa shape index (κ2) is 7.09. The van der Waals surface area contributed by atoms with Gasteiger partial charge in [0.25, 0.3) is 5.91 Å². The molecule has 152 valence electrons. The van der Waals surface area contributed by atoms with Crippen molar-refractivity contribution in [2.24, 2.45) is 4.99 Å². The van der Waals surface area contributed by atoms with Crippen molar-refractivity contribution in [3.63, 3.8) is 0 Å². The largest absolute Gasteiger partial charge is 0.450 e. The fraction of sp³-hybridized carbons (Fsp3) is 0.304. The number of hydrogen-bond acceptors (Lipinski definition) is 6. The molecular weight excluding hydrogens is 398 g/mol. The van der Waals surface area contributed by atoms with Crippen LogP contribution in [-0.4, -0.2) is 40.0 Å². The number of aryl methyl sites for hydroxylation is 1. The van der Waals surface area contributed by atoms with Crippen LogP contribution in [0.3, 0.4) is 0 Å². The van der Waals surface area contributed by atoms with Gasteiger partial charge in [-0.15, -0.1) is 0 Å². The van der Waals surface area contributed by atoms with Gasteiger partial charge in [-0.1, -0.05) is 24.3 Å². The molecule has 1 aromatic heterocycles. The molecule has 0 bridgehead atoms. The van der Waals surface area contributed by atoms with Crippen molar-refractivity contribution in [2.75, 3.05) is 13.1 Å². The molecule has 0 atom stereocenters. The average molecular weight is 420 g/mol. The number of hydrogen-bond donors (Lipinski definition) is 0. The van der Waals surface area contributed by atoms with Crippen LogP contribution in [0.25, 0.3) is 5.57 Å². The van der Waals surface area contributed by atoms with Gasteiger partial charge in [-0.2, -0.15) is 4.99 Å². The Labute approximate surface area is 179 Å². The highest BCUT2D eigenvalue weighted by Gasteiger charge is 2.48. The van der Waals surface area contributed by atoms with E-state index in [1.807, 2.05) is 50.2 Å². The lowest BCUT2D eigenvalue weighted by Gasteiger charge is -2.39. The maximum Gasteiger partial charge on any atom is 0.339 e. The summed E-state index contributed by atoms with van der Waals surface area (Å²) >= 11 is 1.42. The van der Waals surface area contributed by atoms with E-state index in [4.69, 9.17) is 4.74 Å². The highest BCUT2D eigenvalue weighted by molar-refractivity contribution is 8.18. The van der Waals surface area contributed by atoms with Crippen LogP contribution in [0.5, 0.6) is 0 Å². The predicted octanol–water partition coefficient (Wildman–Crippen LogP) is 3.91. The molecule has 1 amide bonds. The van der Waals surface area contributed by atoms with Gasteiger partial charge in [0.2, 0.25) is 0 Å². The van der Waals surface area contributed by atoms with Crippen molar-refractivity contribution in [3.8, 4) is 0 Å². The van der Waals surface area contributed by atoms with Crippen LogP contribution in [0.2, 0.25) is 0 Å². The Balaban J connectivity index is 1.33. The number of aliphatic imine (C=N–C) groups is 1. The number of amides is 1. The SMILES string of the molecule is C/C(=C1\SC(N2CCC3(CC2)OC(=O)c2ccccc23)=NC1=O)c1ccc(C)nc1. The molecule has 1 saturated heterocycles. The van der Waals surface area contributed by atoms with Crippen molar-refractivity contribution >= 4 is 34.4 Å². The van der Waals surface area contributed by atoms with Gasteiger partial charge in [-0.25, -0.2) is 4.79 Å². The lowest BCUT2D eigenvalue weighted by Crippen LogP contribution is -2.44. The third kappa shape index (κ3) is 3.04. The maximum atomic E-state index is 12.6. The van der Waals surface area contributed by atoms with E-state index >= 15 is 0 Å². The molecule has 3 aliphatic rings. The minimum absolute atomic E-state index is 0.203. The lowest BCUT2D eigenvalue weighted by molar-refractivity contribution is -0.113. The first-order chi connectivity index (χ1) is 14.5. The first-order valence-corrected chi connectivity index (χ1v) is 10.8. The summed E-state index contributed by atoms with van der Waals surface area (Å²) in [6.07, 6.45) is 3.16. The van der Waals surface area contributed by atoms with Crippen molar-refractivity contribution in [1.82, 2.24) is 9.88 Å². The van der Waals surface area contributed by atoms with E-state index in [9.17, 15) is 9.59 Å². The van der Waals surface area contributed by atoms with Gasteiger partial charge in [0, 0.05) is 43.4 Å². The summed E-state index contributed by atoms with van der Waals surface area (Å²) in [5.74, 6) is -0.444.